The van der Waals surface area contributed by atoms with Crippen LogP contribution in [0.5, 0.6) is 0 Å². The molecule has 0 radical (unpaired) electrons. The van der Waals surface area contributed by atoms with E-state index in [1.54, 1.807) is 0 Å². The largest absolute Gasteiger partial charge is 1.00 e. The number of carbonyl (C=O) groups is 1. The van der Waals surface area contributed by atoms with Gasteiger partial charge in [0, 0.05) is 0 Å². The fourth-order valence-electron chi connectivity index (χ4n) is 1.64. The molecule has 64 valence electrons. The summed E-state index contributed by atoms with van der Waals surface area (Å²) in [5.41, 5.74) is 0. The Morgan fingerprint density at radius 1 is 1.33 bits per heavy atom. The van der Waals surface area contributed by atoms with Gasteiger partial charge in [-0.05, 0) is 18.8 Å². The number of rotatable bonds is 2. The summed E-state index contributed by atoms with van der Waals surface area (Å²) < 4.78 is 0. The van der Waals surface area contributed by atoms with Gasteiger partial charge >= 0.3 is 29.6 Å². The normalized spacial score (nSPS) is 21.1. The molecule has 0 aliphatic heterocycles. The van der Waals surface area contributed by atoms with E-state index in [-0.39, 0.29) is 35.5 Å². The summed E-state index contributed by atoms with van der Waals surface area (Å²) in [5, 5.41) is 19.3. The molecule has 12 heavy (non-hydrogen) atoms. The summed E-state index contributed by atoms with van der Waals surface area (Å²) in [4.78, 5) is 10.2. The van der Waals surface area contributed by atoms with Crippen LogP contribution in [0.15, 0.2) is 0 Å². The average molecular weight is 180 g/mol. The number of hydrogen-bond acceptors (Lipinski definition) is 3. The van der Waals surface area contributed by atoms with Crippen LogP contribution < -0.4 is 34.7 Å². The van der Waals surface area contributed by atoms with Crippen LogP contribution in [0, 0.1) is 5.92 Å². The van der Waals surface area contributed by atoms with Crippen LogP contribution in [0.2, 0.25) is 0 Å². The second-order valence-corrected chi connectivity index (χ2v) is 3.16. The molecule has 0 amide bonds. The van der Waals surface area contributed by atoms with Crippen LogP contribution >= 0.6 is 0 Å². The zero-order chi connectivity index (χ0) is 8.27. The van der Waals surface area contributed by atoms with Gasteiger partial charge in [0.25, 0.3) is 0 Å². The molecule has 0 bridgehead atoms. The molecule has 0 unspecified atom stereocenters. The van der Waals surface area contributed by atoms with E-state index in [2.05, 4.69) is 0 Å². The van der Waals surface area contributed by atoms with E-state index in [1.165, 1.54) is 0 Å². The minimum absolute atomic E-state index is 0. The third-order valence-electron chi connectivity index (χ3n) is 2.34. The first-order valence-corrected chi connectivity index (χ1v) is 4.10. The molecule has 1 fully saturated rings. The van der Waals surface area contributed by atoms with Crippen molar-refractivity contribution in [2.75, 3.05) is 0 Å². The number of aliphatic hydroxyl groups is 1. The predicted molar refractivity (Wildman–Crippen MR) is 37.6 cm³/mol. The third kappa shape index (κ3) is 3.44. The minimum atomic E-state index is -1.32. The van der Waals surface area contributed by atoms with Crippen LogP contribution in [-0.4, -0.2) is 17.2 Å². The molecule has 4 heteroatoms. The topological polar surface area (TPSA) is 60.4 Å². The Balaban J connectivity index is 0.00000121. The van der Waals surface area contributed by atoms with E-state index in [9.17, 15) is 9.90 Å². The maximum Gasteiger partial charge on any atom is 1.00 e. The zero-order valence-corrected chi connectivity index (χ0v) is 9.45. The van der Waals surface area contributed by atoms with Gasteiger partial charge < -0.3 is 15.0 Å². The molecule has 0 heterocycles. The van der Waals surface area contributed by atoms with Gasteiger partial charge in [-0.15, -0.1) is 0 Å². The summed E-state index contributed by atoms with van der Waals surface area (Å²) in [5.74, 6) is -1.38. The molecule has 3 nitrogen and oxygen atoms in total. The molecule has 1 aliphatic carbocycles. The van der Waals surface area contributed by atoms with Gasteiger partial charge in [-0.1, -0.05) is 19.3 Å². The van der Waals surface area contributed by atoms with Gasteiger partial charge in [0.2, 0.25) is 0 Å². The number of carbonyl (C=O) groups excluding carboxylic acids is 1. The number of aliphatic carboxylic acids is 1. The summed E-state index contributed by atoms with van der Waals surface area (Å²) in [6.45, 7) is 0. The van der Waals surface area contributed by atoms with Crippen LogP contribution in [-0.2, 0) is 4.79 Å². The number of carboxylic acid groups (broad SMARTS) is 1. The van der Waals surface area contributed by atoms with E-state index >= 15 is 0 Å². The van der Waals surface area contributed by atoms with E-state index in [0.29, 0.717) is 0 Å². The fourth-order valence-corrected chi connectivity index (χ4v) is 1.64. The molecule has 0 aromatic heterocycles. The molecular formula is C8H13NaO3. The first kappa shape index (κ1) is 12.4. The van der Waals surface area contributed by atoms with Crippen LogP contribution in [0.3, 0.4) is 0 Å². The van der Waals surface area contributed by atoms with Crippen molar-refractivity contribution in [3.8, 4) is 0 Å². The monoisotopic (exact) mass is 180 g/mol. The summed E-state index contributed by atoms with van der Waals surface area (Å²) >= 11 is 0. The Hall–Kier alpha value is 0.430. The Bertz CT molecular complexity index is 143. The average Bonchev–Trinajstić information content (AvgIpc) is 2.05. The van der Waals surface area contributed by atoms with Gasteiger partial charge in [0.1, 0.15) is 0 Å². The van der Waals surface area contributed by atoms with Gasteiger partial charge in [-0.3, -0.25) is 0 Å². The standard InChI is InChI=1S/C8H14O3.Na/c9-7(8(10)11)6-4-2-1-3-5-6;/h6-7,9H,1-5H2,(H,10,11);/q;+1/p-1/t7-;/m1./s1. The van der Waals surface area contributed by atoms with Gasteiger partial charge in [0.05, 0.1) is 12.1 Å². The van der Waals surface area contributed by atoms with E-state index in [1.807, 2.05) is 0 Å². The molecule has 1 atom stereocenters. The third-order valence-corrected chi connectivity index (χ3v) is 2.34. The molecule has 1 rings (SSSR count). The Kier molecular flexibility index (Phi) is 6.19. The Morgan fingerprint density at radius 3 is 2.25 bits per heavy atom. The van der Waals surface area contributed by atoms with Crippen molar-refractivity contribution in [2.24, 2.45) is 5.92 Å². The molecule has 1 aliphatic rings. The Labute approximate surface area is 94.5 Å². The van der Waals surface area contributed by atoms with Gasteiger partial charge in [0.15, 0.2) is 0 Å². The quantitative estimate of drug-likeness (QED) is 0.452. The van der Waals surface area contributed by atoms with E-state index in [4.69, 9.17) is 5.11 Å². The maximum atomic E-state index is 10.2. The summed E-state index contributed by atoms with van der Waals surface area (Å²) in [6, 6.07) is 0. The smallest absolute Gasteiger partial charge is 0.547 e. The van der Waals surface area contributed by atoms with Crippen molar-refractivity contribution < 1.29 is 44.6 Å². The zero-order valence-electron chi connectivity index (χ0n) is 7.45. The van der Waals surface area contributed by atoms with Crippen molar-refractivity contribution in [1.29, 1.82) is 0 Å². The van der Waals surface area contributed by atoms with Crippen LogP contribution in [0.25, 0.3) is 0 Å². The summed E-state index contributed by atoms with van der Waals surface area (Å²) in [6.07, 6.45) is 3.65. The summed E-state index contributed by atoms with van der Waals surface area (Å²) in [7, 11) is 0. The Morgan fingerprint density at radius 2 is 1.83 bits per heavy atom. The van der Waals surface area contributed by atoms with E-state index < -0.39 is 12.1 Å². The predicted octanol–water partition coefficient (Wildman–Crippen LogP) is -3.32. The molecular weight excluding hydrogens is 167 g/mol. The van der Waals surface area contributed by atoms with Gasteiger partial charge in [-0.25, -0.2) is 0 Å². The second-order valence-electron chi connectivity index (χ2n) is 3.16. The maximum absolute atomic E-state index is 10.2. The first-order chi connectivity index (χ1) is 5.22. The van der Waals surface area contributed by atoms with Gasteiger partial charge in [-0.2, -0.15) is 0 Å². The first-order valence-electron chi connectivity index (χ1n) is 4.10. The number of carboxylic acids is 1. The molecule has 0 saturated heterocycles. The molecule has 0 spiro atoms. The molecule has 1 saturated carbocycles. The second kappa shape index (κ2) is 5.97. The minimum Gasteiger partial charge on any atom is -0.547 e. The van der Waals surface area contributed by atoms with Crippen LogP contribution in [0.1, 0.15) is 32.1 Å². The molecule has 0 aromatic rings. The van der Waals surface area contributed by atoms with Crippen molar-refractivity contribution in [1.82, 2.24) is 0 Å². The number of aliphatic hydroxyl groups excluding tert-OH is 1. The van der Waals surface area contributed by atoms with Crippen molar-refractivity contribution in [3.05, 3.63) is 0 Å². The van der Waals surface area contributed by atoms with Crippen molar-refractivity contribution >= 4 is 5.97 Å². The number of hydrogen-bond donors (Lipinski definition) is 1. The molecule has 1 N–H and O–H groups in total. The van der Waals surface area contributed by atoms with Crippen molar-refractivity contribution in [3.63, 3.8) is 0 Å². The fraction of sp³-hybridized carbons (Fsp3) is 0.875. The van der Waals surface area contributed by atoms with Crippen molar-refractivity contribution in [2.45, 2.75) is 38.2 Å². The van der Waals surface area contributed by atoms with E-state index in [0.717, 1.165) is 32.1 Å². The van der Waals surface area contributed by atoms with Crippen LogP contribution in [0.4, 0.5) is 0 Å². The molecule has 0 aromatic carbocycles. The SMILES string of the molecule is O=C([O-])[C@H](O)C1CCCCC1.[Na+].